The van der Waals surface area contributed by atoms with Crippen LogP contribution in [0.5, 0.6) is 0 Å². The van der Waals surface area contributed by atoms with Gasteiger partial charge in [-0.2, -0.15) is 5.10 Å². The molecule has 0 radical (unpaired) electrons. The third-order valence-corrected chi connectivity index (χ3v) is 4.70. The van der Waals surface area contributed by atoms with E-state index in [1.807, 2.05) is 24.7 Å². The summed E-state index contributed by atoms with van der Waals surface area (Å²) in [5.74, 6) is 0.813. The molecule has 0 aliphatic heterocycles. The standard InChI is InChI=1S/C19H26N4O/c1-13-12-21-23(19(13)22-18(24)11-10-14(2)20)17-9-5-7-15-6-3-4-8-16(15)17/h3-4,6,8,12,14,17H,5,7,9-11,20H2,1-2H3,(H,22,24). The summed E-state index contributed by atoms with van der Waals surface area (Å²) in [5.41, 5.74) is 9.44. The molecule has 1 aromatic carbocycles. The molecule has 0 fully saturated rings. The Hall–Kier alpha value is -2.14. The Morgan fingerprint density at radius 3 is 3.04 bits per heavy atom. The van der Waals surface area contributed by atoms with Crippen LogP contribution in [0, 0.1) is 6.92 Å². The first-order valence-corrected chi connectivity index (χ1v) is 8.73. The van der Waals surface area contributed by atoms with Crippen molar-refractivity contribution in [3.05, 3.63) is 47.2 Å². The molecule has 2 unspecified atom stereocenters. The smallest absolute Gasteiger partial charge is 0.225 e. The van der Waals surface area contributed by atoms with Gasteiger partial charge >= 0.3 is 0 Å². The molecule has 2 atom stereocenters. The molecule has 1 aliphatic rings. The molecule has 0 spiro atoms. The van der Waals surface area contributed by atoms with Crippen molar-refractivity contribution in [2.45, 2.75) is 58.0 Å². The van der Waals surface area contributed by atoms with Gasteiger partial charge in [-0.15, -0.1) is 0 Å². The van der Waals surface area contributed by atoms with Crippen LogP contribution in [-0.4, -0.2) is 21.7 Å². The summed E-state index contributed by atoms with van der Waals surface area (Å²) in [6, 6.07) is 8.76. The lowest BCUT2D eigenvalue weighted by Crippen LogP contribution is -2.24. The van der Waals surface area contributed by atoms with Crippen molar-refractivity contribution >= 4 is 11.7 Å². The monoisotopic (exact) mass is 326 g/mol. The number of anilines is 1. The Morgan fingerprint density at radius 2 is 2.25 bits per heavy atom. The van der Waals surface area contributed by atoms with E-state index in [2.05, 4.69) is 34.7 Å². The second kappa shape index (κ2) is 7.18. The molecule has 2 aromatic rings. The molecule has 3 rings (SSSR count). The molecule has 3 N–H and O–H groups in total. The van der Waals surface area contributed by atoms with Crippen molar-refractivity contribution in [2.75, 3.05) is 5.32 Å². The molecule has 0 saturated carbocycles. The highest BCUT2D eigenvalue weighted by Crippen LogP contribution is 2.35. The minimum atomic E-state index is 0.00115. The maximum Gasteiger partial charge on any atom is 0.225 e. The molecule has 0 bridgehead atoms. The number of aryl methyl sites for hydroxylation is 2. The van der Waals surface area contributed by atoms with Gasteiger partial charge in [0.05, 0.1) is 12.2 Å². The van der Waals surface area contributed by atoms with Gasteiger partial charge < -0.3 is 11.1 Å². The van der Waals surface area contributed by atoms with Crippen LogP contribution in [0.25, 0.3) is 0 Å². The number of benzene rings is 1. The summed E-state index contributed by atoms with van der Waals surface area (Å²) in [4.78, 5) is 12.2. The fourth-order valence-corrected chi connectivity index (χ4v) is 3.38. The van der Waals surface area contributed by atoms with Crippen LogP contribution in [0.1, 0.15) is 55.3 Å². The van der Waals surface area contributed by atoms with E-state index in [9.17, 15) is 4.79 Å². The Kier molecular flexibility index (Phi) is 5.00. The molecular formula is C19H26N4O. The number of carbonyl (C=O) groups is 1. The Bertz CT molecular complexity index is 720. The lowest BCUT2D eigenvalue weighted by molar-refractivity contribution is -0.116. The number of carbonyl (C=O) groups excluding carboxylic acids is 1. The molecule has 24 heavy (non-hydrogen) atoms. The van der Waals surface area contributed by atoms with Gasteiger partial charge in [0.1, 0.15) is 5.82 Å². The predicted octanol–water partition coefficient (Wildman–Crippen LogP) is 3.18. The first kappa shape index (κ1) is 16.7. The second-order valence-corrected chi connectivity index (χ2v) is 6.79. The first-order valence-electron chi connectivity index (χ1n) is 8.73. The van der Waals surface area contributed by atoms with Crippen molar-refractivity contribution in [1.82, 2.24) is 9.78 Å². The van der Waals surface area contributed by atoms with Gasteiger partial charge in [-0.1, -0.05) is 24.3 Å². The number of nitrogens with zero attached hydrogens (tertiary/aromatic N) is 2. The quantitative estimate of drug-likeness (QED) is 0.886. The largest absolute Gasteiger partial charge is 0.328 e. The topological polar surface area (TPSA) is 72.9 Å². The van der Waals surface area contributed by atoms with Crippen LogP contribution in [-0.2, 0) is 11.2 Å². The summed E-state index contributed by atoms with van der Waals surface area (Å²) in [5, 5.41) is 7.61. The number of hydrogen-bond acceptors (Lipinski definition) is 3. The van der Waals surface area contributed by atoms with Crippen LogP contribution in [0.4, 0.5) is 5.82 Å². The molecule has 1 aromatic heterocycles. The molecule has 1 aliphatic carbocycles. The summed E-state index contributed by atoms with van der Waals surface area (Å²) in [6.45, 7) is 3.90. The summed E-state index contributed by atoms with van der Waals surface area (Å²) in [7, 11) is 0. The van der Waals surface area contributed by atoms with Gasteiger partial charge in [0.25, 0.3) is 0 Å². The second-order valence-electron chi connectivity index (χ2n) is 6.79. The number of hydrogen-bond donors (Lipinski definition) is 2. The summed E-state index contributed by atoms with van der Waals surface area (Å²) >= 11 is 0. The van der Waals surface area contributed by atoms with Crippen LogP contribution in [0.15, 0.2) is 30.5 Å². The third-order valence-electron chi connectivity index (χ3n) is 4.70. The number of fused-ring (bicyclic) bond motifs is 1. The summed E-state index contributed by atoms with van der Waals surface area (Å²) in [6.07, 6.45) is 6.25. The minimum Gasteiger partial charge on any atom is -0.328 e. The zero-order valence-corrected chi connectivity index (χ0v) is 14.5. The van der Waals surface area contributed by atoms with Crippen LogP contribution in [0.3, 0.4) is 0 Å². The fourth-order valence-electron chi connectivity index (χ4n) is 3.38. The molecule has 5 heteroatoms. The number of amides is 1. The van der Waals surface area contributed by atoms with E-state index < -0.39 is 0 Å². The summed E-state index contributed by atoms with van der Waals surface area (Å²) < 4.78 is 1.98. The van der Waals surface area contributed by atoms with Crippen molar-refractivity contribution < 1.29 is 4.79 Å². The lowest BCUT2D eigenvalue weighted by Gasteiger charge is -2.27. The van der Waals surface area contributed by atoms with Gasteiger partial charge in [-0.3, -0.25) is 4.79 Å². The van der Waals surface area contributed by atoms with Gasteiger partial charge in [0.2, 0.25) is 5.91 Å². The highest BCUT2D eigenvalue weighted by Gasteiger charge is 2.25. The van der Waals surface area contributed by atoms with E-state index in [0.29, 0.717) is 12.8 Å². The number of rotatable bonds is 5. The van der Waals surface area contributed by atoms with Gasteiger partial charge in [0.15, 0.2) is 0 Å². The number of nitrogens with one attached hydrogen (secondary N) is 1. The van der Waals surface area contributed by atoms with E-state index in [1.54, 1.807) is 0 Å². The van der Waals surface area contributed by atoms with Gasteiger partial charge in [-0.05, 0) is 50.7 Å². The van der Waals surface area contributed by atoms with Crippen LogP contribution >= 0.6 is 0 Å². The average Bonchev–Trinajstić information content (AvgIpc) is 2.93. The third kappa shape index (κ3) is 3.51. The lowest BCUT2D eigenvalue weighted by atomic mass is 9.88. The van der Waals surface area contributed by atoms with E-state index >= 15 is 0 Å². The van der Waals surface area contributed by atoms with Crippen molar-refractivity contribution in [3.63, 3.8) is 0 Å². The minimum absolute atomic E-state index is 0.00115. The Morgan fingerprint density at radius 1 is 1.46 bits per heavy atom. The average molecular weight is 326 g/mol. The first-order chi connectivity index (χ1) is 11.6. The van der Waals surface area contributed by atoms with Crippen LogP contribution in [0.2, 0.25) is 0 Å². The SMILES string of the molecule is Cc1cnn(C2CCCc3ccccc32)c1NC(=O)CCC(C)N. The maximum absolute atomic E-state index is 12.2. The molecular weight excluding hydrogens is 300 g/mol. The highest BCUT2D eigenvalue weighted by atomic mass is 16.1. The van der Waals surface area contributed by atoms with E-state index in [-0.39, 0.29) is 18.0 Å². The molecule has 128 valence electrons. The van der Waals surface area contributed by atoms with E-state index in [4.69, 9.17) is 5.73 Å². The number of nitrogens with two attached hydrogens (primary N) is 1. The Labute approximate surface area is 143 Å². The maximum atomic E-state index is 12.2. The molecule has 1 amide bonds. The molecule has 5 nitrogen and oxygen atoms in total. The molecule has 1 heterocycles. The normalized spacial score (nSPS) is 18.0. The van der Waals surface area contributed by atoms with Crippen LogP contribution < -0.4 is 11.1 Å². The highest BCUT2D eigenvalue weighted by molar-refractivity contribution is 5.90. The number of aromatic nitrogens is 2. The zero-order chi connectivity index (χ0) is 17.1. The van der Waals surface area contributed by atoms with E-state index in [1.165, 1.54) is 11.1 Å². The predicted molar refractivity (Wildman–Crippen MR) is 96.0 cm³/mol. The van der Waals surface area contributed by atoms with Crippen molar-refractivity contribution in [3.8, 4) is 0 Å². The zero-order valence-electron chi connectivity index (χ0n) is 14.5. The van der Waals surface area contributed by atoms with Gasteiger partial charge in [-0.25, -0.2) is 4.68 Å². The van der Waals surface area contributed by atoms with Crippen molar-refractivity contribution in [1.29, 1.82) is 0 Å². The van der Waals surface area contributed by atoms with E-state index in [0.717, 1.165) is 30.6 Å². The fraction of sp³-hybridized carbons (Fsp3) is 0.474. The van der Waals surface area contributed by atoms with Crippen molar-refractivity contribution in [2.24, 2.45) is 5.73 Å². The Balaban J connectivity index is 1.85. The van der Waals surface area contributed by atoms with Gasteiger partial charge in [0, 0.05) is 18.0 Å². The molecule has 0 saturated heterocycles.